The van der Waals surface area contributed by atoms with Crippen LogP contribution >= 0.6 is 11.1 Å². The topological polar surface area (TPSA) is 17.1 Å². The highest BCUT2D eigenvalue weighted by molar-refractivity contribution is 7.24. The quantitative estimate of drug-likeness (QED) is 0.341. The monoisotopic (exact) mass is 176 g/mol. The van der Waals surface area contributed by atoms with Crippen LogP contribution in [0.5, 0.6) is 0 Å². The van der Waals surface area contributed by atoms with Gasteiger partial charge in [0, 0.05) is 5.70 Å². The summed E-state index contributed by atoms with van der Waals surface area (Å²) in [5.41, 5.74) is 1.49. The fourth-order valence-electron chi connectivity index (χ4n) is 0.327. The summed E-state index contributed by atoms with van der Waals surface area (Å²) in [6.45, 7) is 8.07. The number of halogens is 1. The Morgan fingerprint density at radius 3 is 2.00 bits per heavy atom. The van der Waals surface area contributed by atoms with Crippen LogP contribution in [0.2, 0.25) is 11.6 Å². The first-order valence-corrected chi connectivity index (χ1v) is 6.81. The molecule has 0 radical (unpaired) electrons. The van der Waals surface area contributed by atoms with E-state index in [1.807, 2.05) is 27.3 Å². The van der Waals surface area contributed by atoms with Crippen LogP contribution in [0, 0.1) is 0 Å². The predicted octanol–water partition coefficient (Wildman–Crippen LogP) is 2.53. The van der Waals surface area contributed by atoms with E-state index in [1.54, 1.807) is 5.94 Å². The maximum Gasteiger partial charge on any atom is 0.193 e. The number of rotatable bonds is 1. The minimum absolute atomic E-state index is 0.0337. The van der Waals surface area contributed by atoms with Crippen molar-refractivity contribution in [1.82, 2.24) is 0 Å². The molecule has 0 amide bonds. The summed E-state index contributed by atoms with van der Waals surface area (Å²) in [5.74, 6) is 1.77. The zero-order valence-corrected chi connectivity index (χ0v) is 8.62. The van der Waals surface area contributed by atoms with E-state index in [0.717, 1.165) is 0 Å². The van der Waals surface area contributed by atoms with E-state index in [0.29, 0.717) is 0 Å². The average Bonchev–Trinajstić information content (AvgIpc) is 1.61. The highest BCUT2D eigenvalue weighted by Crippen LogP contribution is 2.38. The van der Waals surface area contributed by atoms with Gasteiger partial charge in [0.2, 0.25) is 0 Å². The van der Waals surface area contributed by atoms with Crippen molar-refractivity contribution in [3.63, 3.8) is 0 Å². The van der Waals surface area contributed by atoms with Gasteiger partial charge >= 0.3 is 0 Å². The van der Waals surface area contributed by atoms with E-state index in [1.165, 1.54) is 5.70 Å². The van der Waals surface area contributed by atoms with Crippen molar-refractivity contribution in [2.24, 2.45) is 0 Å². The van der Waals surface area contributed by atoms with Gasteiger partial charge < -0.3 is 0 Å². The maximum absolute atomic E-state index is 10.0. The summed E-state index contributed by atoms with van der Waals surface area (Å²) in [6.07, 6.45) is 0. The van der Waals surface area contributed by atoms with E-state index in [2.05, 4.69) is 0 Å². The predicted molar refractivity (Wildman–Crippen MR) is 47.4 cm³/mol. The molecule has 3 heteroatoms. The number of hydrogen-bond acceptors (Lipinski definition) is 1. The van der Waals surface area contributed by atoms with Gasteiger partial charge in [0.05, 0.1) is 0 Å². The van der Waals surface area contributed by atoms with Gasteiger partial charge in [-0.15, -0.1) is 0 Å². The molecular weight excluding hydrogens is 164 g/mol. The van der Waals surface area contributed by atoms with Gasteiger partial charge in [0.1, 0.15) is 5.94 Å². The molecule has 1 nitrogen and oxygen atoms in total. The fraction of sp³-hybridized carbons (Fsp3) is 0.714. The smallest absolute Gasteiger partial charge is 0.193 e. The van der Waals surface area contributed by atoms with Gasteiger partial charge in [0.15, 0.2) is 7.38 Å². The summed E-state index contributed by atoms with van der Waals surface area (Å²) in [7, 11) is -1.98. The molecule has 0 aliphatic heterocycles. The standard InChI is InChI=1S/C7H13ClOSi/c1-7(2,3)10(4,8)6-5-9/h6H,1-4H3. The number of hydrogen-bond donors (Lipinski definition) is 0. The molecule has 0 saturated carbocycles. The van der Waals surface area contributed by atoms with E-state index >= 15 is 0 Å². The summed E-state index contributed by atoms with van der Waals surface area (Å²) >= 11 is 6.13. The Kier molecular flexibility index (Phi) is 2.90. The van der Waals surface area contributed by atoms with Gasteiger partial charge in [-0.1, -0.05) is 27.3 Å². The highest BCUT2D eigenvalue weighted by atomic mass is 35.6. The van der Waals surface area contributed by atoms with Crippen molar-refractivity contribution in [3.8, 4) is 0 Å². The molecule has 0 aromatic rings. The largest absolute Gasteiger partial charge is 0.234 e. The minimum atomic E-state index is -1.98. The molecule has 0 N–H and O–H groups in total. The van der Waals surface area contributed by atoms with Crippen LogP contribution in [0.4, 0.5) is 0 Å². The number of carbonyl (C=O) groups excluding carboxylic acids is 1. The summed E-state index contributed by atoms with van der Waals surface area (Å²) in [6, 6.07) is 0. The Balaban J connectivity index is 4.56. The van der Waals surface area contributed by atoms with Crippen molar-refractivity contribution in [3.05, 3.63) is 5.70 Å². The second kappa shape index (κ2) is 2.91. The highest BCUT2D eigenvalue weighted by Gasteiger charge is 2.36. The average molecular weight is 177 g/mol. The van der Waals surface area contributed by atoms with Crippen LogP contribution in [0.3, 0.4) is 0 Å². The summed E-state index contributed by atoms with van der Waals surface area (Å²) < 4.78 is 0. The Bertz CT molecular complexity index is 163. The van der Waals surface area contributed by atoms with Gasteiger partial charge in [0.25, 0.3) is 0 Å². The first kappa shape index (κ1) is 9.96. The molecule has 0 aliphatic carbocycles. The van der Waals surface area contributed by atoms with Crippen LogP contribution in [-0.2, 0) is 4.79 Å². The van der Waals surface area contributed by atoms with E-state index in [9.17, 15) is 4.79 Å². The van der Waals surface area contributed by atoms with Crippen LogP contribution < -0.4 is 0 Å². The summed E-state index contributed by atoms with van der Waals surface area (Å²) in [4.78, 5) is 10.0. The summed E-state index contributed by atoms with van der Waals surface area (Å²) in [5, 5.41) is 0.0337. The zero-order valence-electron chi connectivity index (χ0n) is 6.86. The Morgan fingerprint density at radius 1 is 1.50 bits per heavy atom. The molecule has 1 unspecified atom stereocenters. The lowest BCUT2D eigenvalue weighted by Gasteiger charge is -2.29. The van der Waals surface area contributed by atoms with Gasteiger partial charge in [-0.25, -0.2) is 4.79 Å². The second-order valence-corrected chi connectivity index (χ2v) is 9.88. The Labute approximate surface area is 67.8 Å². The van der Waals surface area contributed by atoms with Crippen LogP contribution in [0.15, 0.2) is 5.70 Å². The maximum atomic E-state index is 10.0. The molecule has 0 aromatic heterocycles. The fourth-order valence-corrected chi connectivity index (χ4v) is 1.12. The molecule has 0 rings (SSSR count). The van der Waals surface area contributed by atoms with Gasteiger partial charge in [-0.05, 0) is 5.04 Å². The zero-order chi connectivity index (χ0) is 8.41. The molecule has 10 heavy (non-hydrogen) atoms. The van der Waals surface area contributed by atoms with Gasteiger partial charge in [-0.2, -0.15) is 11.1 Å². The third-order valence-corrected chi connectivity index (χ3v) is 7.42. The molecule has 0 aromatic carbocycles. The second-order valence-electron chi connectivity index (χ2n) is 3.59. The van der Waals surface area contributed by atoms with Crippen molar-refractivity contribution >= 4 is 24.4 Å². The van der Waals surface area contributed by atoms with Crippen molar-refractivity contribution in [2.45, 2.75) is 32.4 Å². The Hall–Kier alpha value is -0.0431. The molecule has 58 valence electrons. The van der Waals surface area contributed by atoms with E-state index < -0.39 is 7.38 Å². The molecule has 0 spiro atoms. The normalized spacial score (nSPS) is 17.3. The first-order valence-electron chi connectivity index (χ1n) is 3.22. The molecule has 0 bridgehead atoms. The first-order chi connectivity index (χ1) is 4.31. The van der Waals surface area contributed by atoms with Crippen LogP contribution in [0.25, 0.3) is 0 Å². The molecular formula is C7H13ClOSi. The van der Waals surface area contributed by atoms with Crippen molar-refractivity contribution in [2.75, 3.05) is 0 Å². The lowest BCUT2D eigenvalue weighted by Crippen LogP contribution is -2.32. The lowest BCUT2D eigenvalue weighted by molar-refractivity contribution is 0.569. The Morgan fingerprint density at radius 2 is 1.90 bits per heavy atom. The molecule has 0 aliphatic rings. The van der Waals surface area contributed by atoms with Crippen LogP contribution in [0.1, 0.15) is 20.8 Å². The van der Waals surface area contributed by atoms with Crippen molar-refractivity contribution in [1.29, 1.82) is 0 Å². The third-order valence-electron chi connectivity index (χ3n) is 1.80. The SMILES string of the molecule is CC(C)(C)[Si](C)(Cl)C=C=O. The molecule has 1 atom stereocenters. The molecule has 0 heterocycles. The lowest BCUT2D eigenvalue weighted by atomic mass is 10.2. The molecule has 0 saturated heterocycles. The van der Waals surface area contributed by atoms with E-state index in [4.69, 9.17) is 11.1 Å². The van der Waals surface area contributed by atoms with Crippen LogP contribution in [-0.4, -0.2) is 13.3 Å². The van der Waals surface area contributed by atoms with E-state index in [-0.39, 0.29) is 5.04 Å². The minimum Gasteiger partial charge on any atom is -0.234 e. The van der Waals surface area contributed by atoms with Crippen molar-refractivity contribution < 1.29 is 4.79 Å². The van der Waals surface area contributed by atoms with Gasteiger partial charge in [-0.3, -0.25) is 0 Å². The third kappa shape index (κ3) is 2.29. The molecule has 0 fully saturated rings.